The monoisotopic (exact) mass is 428 g/mol. The molecule has 2 aromatic carbocycles. The fourth-order valence-electron chi connectivity index (χ4n) is 4.21. The maximum absolute atomic E-state index is 6.63. The minimum atomic E-state index is -0.207. The van der Waals surface area contributed by atoms with Gasteiger partial charge >= 0.3 is 0 Å². The molecule has 0 fully saturated rings. The summed E-state index contributed by atoms with van der Waals surface area (Å²) < 4.78 is 4.01. The number of aryl methyl sites for hydroxylation is 3. The number of halogens is 1. The van der Waals surface area contributed by atoms with Crippen molar-refractivity contribution in [2.24, 2.45) is 7.05 Å². The Hall–Kier alpha value is -3.51. The topological polar surface area (TPSA) is 61.4 Å². The van der Waals surface area contributed by atoms with E-state index >= 15 is 0 Å². The quantitative estimate of drug-likeness (QED) is 0.398. The smallest absolute Gasteiger partial charge is 0.107 e. The van der Waals surface area contributed by atoms with E-state index in [1.807, 2.05) is 57.3 Å². The predicted octanol–water partition coefficient (Wildman–Crippen LogP) is 5.13. The van der Waals surface area contributed by atoms with Crippen LogP contribution in [-0.2, 0) is 7.05 Å². The molecule has 5 aromatic rings. The molecule has 0 saturated heterocycles. The second kappa shape index (κ2) is 7.63. The first kappa shape index (κ1) is 19.5. The Morgan fingerprint density at radius 1 is 0.968 bits per heavy atom. The van der Waals surface area contributed by atoms with E-state index in [0.717, 1.165) is 45.1 Å². The first-order valence-electron chi connectivity index (χ1n) is 10.0. The van der Waals surface area contributed by atoms with Gasteiger partial charge in [0.25, 0.3) is 0 Å². The molecule has 3 heterocycles. The van der Waals surface area contributed by atoms with Crippen LogP contribution in [0.15, 0.2) is 66.9 Å². The second-order valence-corrected chi connectivity index (χ2v) is 7.97. The standard InChI is InChI=1S/C24H21ClN6/c1-15-23(30(3)29-28-15)18-11-12-20-21(14-18)31(16(2)27-20)24(17-8-5-4-6-9-17)22-19(25)10-7-13-26-22/h4-14,24H,1-3H3/t24-/m0/s1. The highest BCUT2D eigenvalue weighted by molar-refractivity contribution is 6.31. The van der Waals surface area contributed by atoms with Crippen LogP contribution in [0.1, 0.15) is 28.8 Å². The second-order valence-electron chi connectivity index (χ2n) is 7.56. The van der Waals surface area contributed by atoms with Crippen molar-refractivity contribution >= 4 is 22.6 Å². The number of imidazole rings is 1. The Labute approximate surface area is 185 Å². The highest BCUT2D eigenvalue weighted by atomic mass is 35.5. The van der Waals surface area contributed by atoms with E-state index in [1.165, 1.54) is 0 Å². The van der Waals surface area contributed by atoms with Crippen molar-refractivity contribution < 1.29 is 0 Å². The molecule has 0 aliphatic rings. The van der Waals surface area contributed by atoms with Crippen LogP contribution >= 0.6 is 11.6 Å². The lowest BCUT2D eigenvalue weighted by atomic mass is 10.0. The Balaban J connectivity index is 1.79. The van der Waals surface area contributed by atoms with Gasteiger partial charge in [-0.15, -0.1) is 5.10 Å². The average Bonchev–Trinajstić information content (AvgIpc) is 3.28. The molecule has 7 heteroatoms. The first-order chi connectivity index (χ1) is 15.0. The number of hydrogen-bond donors (Lipinski definition) is 0. The highest BCUT2D eigenvalue weighted by Gasteiger charge is 2.25. The molecule has 0 aliphatic heterocycles. The van der Waals surface area contributed by atoms with E-state index in [-0.39, 0.29) is 6.04 Å². The summed E-state index contributed by atoms with van der Waals surface area (Å²) in [5.74, 6) is 0.891. The zero-order valence-corrected chi connectivity index (χ0v) is 18.2. The van der Waals surface area contributed by atoms with Gasteiger partial charge in [-0.25, -0.2) is 9.67 Å². The van der Waals surface area contributed by atoms with E-state index in [4.69, 9.17) is 16.6 Å². The van der Waals surface area contributed by atoms with Gasteiger partial charge in [0.05, 0.1) is 33.1 Å². The van der Waals surface area contributed by atoms with Crippen LogP contribution in [0.5, 0.6) is 0 Å². The summed E-state index contributed by atoms with van der Waals surface area (Å²) in [6.07, 6.45) is 1.78. The van der Waals surface area contributed by atoms with Crippen LogP contribution < -0.4 is 0 Å². The van der Waals surface area contributed by atoms with Gasteiger partial charge in [0.1, 0.15) is 11.9 Å². The molecular weight excluding hydrogens is 408 g/mol. The van der Waals surface area contributed by atoms with Gasteiger partial charge in [0, 0.05) is 18.8 Å². The normalized spacial score (nSPS) is 12.4. The summed E-state index contributed by atoms with van der Waals surface area (Å²) in [5.41, 5.74) is 6.72. The highest BCUT2D eigenvalue weighted by Crippen LogP contribution is 2.35. The van der Waals surface area contributed by atoms with Crippen molar-refractivity contribution in [3.05, 3.63) is 94.7 Å². The Kier molecular flexibility index (Phi) is 4.79. The van der Waals surface area contributed by atoms with Crippen molar-refractivity contribution in [1.29, 1.82) is 0 Å². The number of aromatic nitrogens is 6. The van der Waals surface area contributed by atoms with E-state index in [9.17, 15) is 0 Å². The average molecular weight is 429 g/mol. The van der Waals surface area contributed by atoms with E-state index in [1.54, 1.807) is 10.9 Å². The minimum Gasteiger partial charge on any atom is -0.315 e. The molecule has 0 amide bonds. The zero-order valence-electron chi connectivity index (χ0n) is 17.5. The van der Waals surface area contributed by atoms with Crippen molar-refractivity contribution in [3.63, 3.8) is 0 Å². The maximum atomic E-state index is 6.63. The van der Waals surface area contributed by atoms with Gasteiger partial charge in [-0.1, -0.05) is 53.2 Å². The van der Waals surface area contributed by atoms with Crippen molar-refractivity contribution in [1.82, 2.24) is 29.5 Å². The fourth-order valence-corrected chi connectivity index (χ4v) is 4.43. The van der Waals surface area contributed by atoms with E-state index in [2.05, 4.69) is 44.1 Å². The van der Waals surface area contributed by atoms with Gasteiger partial charge in [0.15, 0.2) is 0 Å². The number of benzene rings is 2. The lowest BCUT2D eigenvalue weighted by molar-refractivity contribution is 0.655. The zero-order chi connectivity index (χ0) is 21.5. The third-order valence-corrected chi connectivity index (χ3v) is 5.87. The summed E-state index contributed by atoms with van der Waals surface area (Å²) >= 11 is 6.63. The van der Waals surface area contributed by atoms with Crippen LogP contribution in [0.25, 0.3) is 22.3 Å². The molecule has 0 spiro atoms. The molecular formula is C24H21ClN6. The summed E-state index contributed by atoms with van der Waals surface area (Å²) in [7, 11) is 1.91. The molecule has 0 N–H and O–H groups in total. The third-order valence-electron chi connectivity index (χ3n) is 5.55. The van der Waals surface area contributed by atoms with Gasteiger partial charge in [0.2, 0.25) is 0 Å². The lowest BCUT2D eigenvalue weighted by Crippen LogP contribution is -2.15. The molecule has 0 bridgehead atoms. The molecule has 0 radical (unpaired) electrons. The van der Waals surface area contributed by atoms with Crippen LogP contribution in [0, 0.1) is 13.8 Å². The first-order valence-corrected chi connectivity index (χ1v) is 10.4. The Bertz CT molecular complexity index is 1370. The van der Waals surface area contributed by atoms with Crippen LogP contribution in [0.4, 0.5) is 0 Å². The number of fused-ring (bicyclic) bond motifs is 1. The summed E-state index contributed by atoms with van der Waals surface area (Å²) in [5, 5.41) is 8.99. The summed E-state index contributed by atoms with van der Waals surface area (Å²) in [4.78, 5) is 9.49. The SMILES string of the molecule is Cc1nnn(C)c1-c1ccc2nc(C)n([C@@H](c3ccccc3)c3ncccc3Cl)c2c1. The molecule has 0 unspecified atom stereocenters. The van der Waals surface area contributed by atoms with E-state index in [0.29, 0.717) is 5.02 Å². The number of hydrogen-bond acceptors (Lipinski definition) is 4. The molecule has 5 rings (SSSR count). The molecule has 1 atom stereocenters. The largest absolute Gasteiger partial charge is 0.315 e. The van der Waals surface area contributed by atoms with Gasteiger partial charge < -0.3 is 4.57 Å². The Morgan fingerprint density at radius 2 is 1.77 bits per heavy atom. The number of nitrogens with zero attached hydrogens (tertiary/aromatic N) is 6. The molecule has 6 nitrogen and oxygen atoms in total. The van der Waals surface area contributed by atoms with Crippen LogP contribution in [0.3, 0.4) is 0 Å². The Morgan fingerprint density at radius 3 is 2.48 bits per heavy atom. The molecule has 31 heavy (non-hydrogen) atoms. The lowest BCUT2D eigenvalue weighted by Gasteiger charge is -2.22. The minimum absolute atomic E-state index is 0.207. The molecule has 3 aromatic heterocycles. The predicted molar refractivity (Wildman–Crippen MR) is 122 cm³/mol. The van der Waals surface area contributed by atoms with Crippen molar-refractivity contribution in [3.8, 4) is 11.3 Å². The number of rotatable bonds is 4. The van der Waals surface area contributed by atoms with Gasteiger partial charge in [-0.05, 0) is 43.7 Å². The van der Waals surface area contributed by atoms with Crippen LogP contribution in [-0.4, -0.2) is 29.5 Å². The van der Waals surface area contributed by atoms with E-state index < -0.39 is 0 Å². The van der Waals surface area contributed by atoms with Gasteiger partial charge in [-0.3, -0.25) is 4.98 Å². The van der Waals surface area contributed by atoms with Crippen molar-refractivity contribution in [2.45, 2.75) is 19.9 Å². The fraction of sp³-hybridized carbons (Fsp3) is 0.167. The third kappa shape index (κ3) is 3.29. The summed E-state index contributed by atoms with van der Waals surface area (Å²) in [6.45, 7) is 3.98. The van der Waals surface area contributed by atoms with Crippen LogP contribution in [0.2, 0.25) is 5.02 Å². The maximum Gasteiger partial charge on any atom is 0.107 e. The van der Waals surface area contributed by atoms with Gasteiger partial charge in [-0.2, -0.15) is 0 Å². The number of pyridine rings is 1. The van der Waals surface area contributed by atoms with Crippen molar-refractivity contribution in [2.75, 3.05) is 0 Å². The molecule has 0 aliphatic carbocycles. The molecule has 154 valence electrons. The molecule has 0 saturated carbocycles. The summed E-state index contributed by atoms with van der Waals surface area (Å²) in [6, 6.07) is 20.0.